The predicted molar refractivity (Wildman–Crippen MR) is 138 cm³/mol. The summed E-state index contributed by atoms with van der Waals surface area (Å²) in [5.74, 6) is -0.317. The van der Waals surface area contributed by atoms with E-state index in [0.29, 0.717) is 39.4 Å². The van der Waals surface area contributed by atoms with Gasteiger partial charge in [0.25, 0.3) is 5.91 Å². The molecule has 0 saturated carbocycles. The van der Waals surface area contributed by atoms with Crippen LogP contribution in [0.5, 0.6) is 0 Å². The van der Waals surface area contributed by atoms with Gasteiger partial charge in [0, 0.05) is 28.7 Å². The Kier molecular flexibility index (Phi) is 6.25. The summed E-state index contributed by atoms with van der Waals surface area (Å²) in [6.07, 6.45) is 1.15. The molecule has 35 heavy (non-hydrogen) atoms. The van der Waals surface area contributed by atoms with Crippen LogP contribution in [0, 0.1) is 6.92 Å². The number of urea groups is 1. The van der Waals surface area contributed by atoms with E-state index in [0.717, 1.165) is 33.8 Å². The first-order valence-electron chi connectivity index (χ1n) is 10.7. The lowest BCUT2D eigenvalue weighted by molar-refractivity contribution is -0.116. The van der Waals surface area contributed by atoms with Crippen LogP contribution in [0.2, 0.25) is 0 Å². The van der Waals surface area contributed by atoms with Gasteiger partial charge in [-0.15, -0.1) is 11.3 Å². The molecular weight excluding hydrogens is 484 g/mol. The lowest BCUT2D eigenvalue weighted by atomic mass is 9.99. The van der Waals surface area contributed by atoms with E-state index in [1.807, 2.05) is 41.8 Å². The second kappa shape index (κ2) is 9.65. The Morgan fingerprint density at radius 2 is 1.80 bits per heavy atom. The second-order valence-electron chi connectivity index (χ2n) is 7.79. The predicted octanol–water partition coefficient (Wildman–Crippen LogP) is 5.36. The summed E-state index contributed by atoms with van der Waals surface area (Å²) in [6, 6.07) is 14.4. The van der Waals surface area contributed by atoms with Gasteiger partial charge in [0.05, 0.1) is 11.4 Å². The Morgan fingerprint density at radius 1 is 0.971 bits per heavy atom. The Morgan fingerprint density at radius 3 is 2.63 bits per heavy atom. The summed E-state index contributed by atoms with van der Waals surface area (Å²) in [4.78, 5) is 45.9. The molecule has 4 aromatic rings. The summed E-state index contributed by atoms with van der Waals surface area (Å²) < 4.78 is 0. The number of carbonyl (C=O) groups excluding carboxylic acids is 3. The fraction of sp³-hybridized carbons (Fsp3) is 0.125. The molecule has 4 N–H and O–H groups in total. The van der Waals surface area contributed by atoms with Crippen LogP contribution >= 0.6 is 22.7 Å². The van der Waals surface area contributed by atoms with Gasteiger partial charge in [-0.25, -0.2) is 14.8 Å². The molecule has 0 spiro atoms. The number of rotatable bonds is 5. The van der Waals surface area contributed by atoms with E-state index in [1.54, 1.807) is 19.1 Å². The van der Waals surface area contributed by atoms with Crippen molar-refractivity contribution in [2.24, 2.45) is 0 Å². The first-order valence-corrected chi connectivity index (χ1v) is 12.4. The molecule has 4 amide bonds. The number of nitrogens with zero attached hydrogens (tertiary/aromatic N) is 2. The summed E-state index contributed by atoms with van der Waals surface area (Å²) in [6.45, 7) is 1.71. The van der Waals surface area contributed by atoms with E-state index < -0.39 is 6.03 Å². The summed E-state index contributed by atoms with van der Waals surface area (Å²) in [5, 5.41) is 13.7. The standard InChI is InChI=1S/C24H20N6O3S2/c1-13-20(35-24(25-13)30-22(33)26-16-5-3-2-4-6-16)21(32)29-23-28-18(12-34-23)15-7-9-17-14(11-15)8-10-19(31)27-17/h2-7,9,11-12H,8,10H2,1H3,(H,27,31)(H,28,29,32)(H2,25,26,30,33). The molecule has 0 saturated heterocycles. The fourth-order valence-corrected chi connectivity index (χ4v) is 5.17. The van der Waals surface area contributed by atoms with Crippen molar-refractivity contribution in [3.8, 4) is 11.3 Å². The van der Waals surface area contributed by atoms with Gasteiger partial charge in [-0.05, 0) is 43.2 Å². The molecule has 3 heterocycles. The van der Waals surface area contributed by atoms with Crippen LogP contribution in [0.25, 0.3) is 11.3 Å². The van der Waals surface area contributed by atoms with Crippen molar-refractivity contribution in [2.75, 3.05) is 21.3 Å². The molecule has 0 atom stereocenters. The van der Waals surface area contributed by atoms with Crippen molar-refractivity contribution in [3.05, 3.63) is 70.0 Å². The van der Waals surface area contributed by atoms with Crippen molar-refractivity contribution in [3.63, 3.8) is 0 Å². The number of amides is 4. The molecule has 0 fully saturated rings. The number of aromatic nitrogens is 2. The highest BCUT2D eigenvalue weighted by Gasteiger charge is 2.19. The third-order valence-electron chi connectivity index (χ3n) is 5.28. The van der Waals surface area contributed by atoms with Crippen molar-refractivity contribution < 1.29 is 14.4 Å². The van der Waals surface area contributed by atoms with Crippen molar-refractivity contribution in [1.82, 2.24) is 9.97 Å². The third kappa shape index (κ3) is 5.20. The van der Waals surface area contributed by atoms with E-state index >= 15 is 0 Å². The molecule has 0 aliphatic carbocycles. The molecule has 5 rings (SSSR count). The Balaban J connectivity index is 1.24. The zero-order chi connectivity index (χ0) is 24.4. The summed E-state index contributed by atoms with van der Waals surface area (Å²) >= 11 is 2.41. The number of benzene rings is 2. The van der Waals surface area contributed by atoms with E-state index in [1.165, 1.54) is 11.3 Å². The van der Waals surface area contributed by atoms with Crippen molar-refractivity contribution >= 4 is 62.2 Å². The molecule has 1 aliphatic rings. The molecular formula is C24H20N6O3S2. The third-order valence-corrected chi connectivity index (χ3v) is 7.11. The van der Waals surface area contributed by atoms with Crippen LogP contribution in [0.1, 0.15) is 27.3 Å². The minimum atomic E-state index is -0.439. The normalized spacial score (nSPS) is 12.4. The molecule has 176 valence electrons. The Hall–Kier alpha value is -4.09. The molecule has 0 bridgehead atoms. The first-order chi connectivity index (χ1) is 16.9. The number of nitrogens with one attached hydrogen (secondary N) is 4. The van der Waals surface area contributed by atoms with Gasteiger partial charge >= 0.3 is 6.03 Å². The number of thiazole rings is 2. The Bertz CT molecular complexity index is 1430. The monoisotopic (exact) mass is 504 g/mol. The number of fused-ring (bicyclic) bond motifs is 1. The van der Waals surface area contributed by atoms with Gasteiger partial charge in [0.1, 0.15) is 4.88 Å². The van der Waals surface area contributed by atoms with Gasteiger partial charge in [-0.3, -0.25) is 20.2 Å². The maximum absolute atomic E-state index is 12.9. The number of aryl methyl sites for hydroxylation is 2. The number of carbonyl (C=O) groups is 3. The molecule has 9 nitrogen and oxygen atoms in total. The van der Waals surface area contributed by atoms with Gasteiger partial charge < -0.3 is 10.6 Å². The van der Waals surface area contributed by atoms with Gasteiger partial charge in [-0.2, -0.15) is 0 Å². The fourth-order valence-electron chi connectivity index (χ4n) is 3.60. The number of hydrogen-bond donors (Lipinski definition) is 4. The zero-order valence-corrected chi connectivity index (χ0v) is 20.2. The van der Waals surface area contributed by atoms with Crippen molar-refractivity contribution in [1.29, 1.82) is 0 Å². The second-order valence-corrected chi connectivity index (χ2v) is 9.65. The largest absolute Gasteiger partial charge is 0.326 e. The highest BCUT2D eigenvalue weighted by molar-refractivity contribution is 7.18. The summed E-state index contributed by atoms with van der Waals surface area (Å²) in [7, 11) is 0. The molecule has 11 heteroatoms. The van der Waals surface area contributed by atoms with E-state index in [2.05, 4.69) is 31.2 Å². The molecule has 2 aromatic carbocycles. The van der Waals surface area contributed by atoms with E-state index in [9.17, 15) is 14.4 Å². The van der Waals surface area contributed by atoms with Gasteiger partial charge in [0.15, 0.2) is 10.3 Å². The highest BCUT2D eigenvalue weighted by Crippen LogP contribution is 2.31. The summed E-state index contributed by atoms with van der Waals surface area (Å²) in [5.41, 5.74) is 4.72. The van der Waals surface area contributed by atoms with Gasteiger partial charge in [-0.1, -0.05) is 35.6 Å². The quantitative estimate of drug-likeness (QED) is 0.291. The number of hydrogen-bond acceptors (Lipinski definition) is 7. The smallest absolute Gasteiger partial charge is 0.325 e. The van der Waals surface area contributed by atoms with Crippen LogP contribution in [0.4, 0.5) is 26.4 Å². The molecule has 1 aliphatic heterocycles. The molecule has 0 radical (unpaired) electrons. The molecule has 2 aromatic heterocycles. The minimum Gasteiger partial charge on any atom is -0.326 e. The first kappa shape index (κ1) is 22.7. The minimum absolute atomic E-state index is 0.0254. The number of anilines is 4. The van der Waals surface area contributed by atoms with E-state index in [4.69, 9.17) is 0 Å². The maximum atomic E-state index is 12.9. The van der Waals surface area contributed by atoms with Crippen LogP contribution in [0.15, 0.2) is 53.9 Å². The number of para-hydroxylation sites is 1. The van der Waals surface area contributed by atoms with Gasteiger partial charge in [0.2, 0.25) is 5.91 Å². The lowest BCUT2D eigenvalue weighted by Gasteiger charge is -2.17. The van der Waals surface area contributed by atoms with E-state index in [-0.39, 0.29) is 11.8 Å². The Labute approximate surface area is 208 Å². The van der Waals surface area contributed by atoms with Crippen molar-refractivity contribution in [2.45, 2.75) is 19.8 Å². The SMILES string of the molecule is Cc1nc(NC(=O)Nc2ccccc2)sc1C(=O)Nc1nc(-c2ccc3c(c2)CCC(=O)N3)cs1. The topological polar surface area (TPSA) is 125 Å². The lowest BCUT2D eigenvalue weighted by Crippen LogP contribution is -2.19. The van der Waals surface area contributed by atoms with Crippen LogP contribution < -0.4 is 21.3 Å². The maximum Gasteiger partial charge on any atom is 0.325 e. The van der Waals surface area contributed by atoms with Crippen LogP contribution in [0.3, 0.4) is 0 Å². The average molecular weight is 505 g/mol. The van der Waals surface area contributed by atoms with Crippen LogP contribution in [-0.2, 0) is 11.2 Å². The zero-order valence-electron chi connectivity index (χ0n) is 18.5. The molecule has 0 unspecified atom stereocenters. The highest BCUT2D eigenvalue weighted by atomic mass is 32.1. The average Bonchev–Trinajstić information content (AvgIpc) is 3.45. The van der Waals surface area contributed by atoms with Crippen LogP contribution in [-0.4, -0.2) is 27.8 Å².